The van der Waals surface area contributed by atoms with Crippen LogP contribution in [0.5, 0.6) is 0 Å². The van der Waals surface area contributed by atoms with Crippen LogP contribution in [0.25, 0.3) is 0 Å². The Morgan fingerprint density at radius 3 is 1.82 bits per heavy atom. The van der Waals surface area contributed by atoms with Gasteiger partial charge in [0, 0.05) is 18.4 Å². The van der Waals surface area contributed by atoms with Crippen LogP contribution in [0.15, 0.2) is 63.7 Å². The van der Waals surface area contributed by atoms with Gasteiger partial charge in [0.25, 0.3) is 5.78 Å². The molecule has 0 fully saturated rings. The number of aliphatic imine (C=N–C) groups is 1. The molecule has 0 aromatic heterocycles. The second kappa shape index (κ2) is 6.39. The molecule has 2 aliphatic rings. The van der Waals surface area contributed by atoms with Crippen LogP contribution in [-0.2, 0) is 19.1 Å². The standard InChI is InChI=1S/C17H17NO4/c1-10-5-12(6-11(2)16(10)19)9-18-13-7-14(21-3)17(20)15(8-13)22-4/h5-9H,1-4H3. The Morgan fingerprint density at radius 1 is 0.864 bits per heavy atom. The Bertz CT molecular complexity index is 665. The number of carbonyl (C=O) groups is 2. The van der Waals surface area contributed by atoms with Crippen LogP contribution in [0.3, 0.4) is 0 Å². The predicted octanol–water partition coefficient (Wildman–Crippen LogP) is 2.43. The molecule has 0 aromatic rings. The van der Waals surface area contributed by atoms with Crippen molar-refractivity contribution < 1.29 is 19.1 Å². The van der Waals surface area contributed by atoms with E-state index in [4.69, 9.17) is 9.47 Å². The molecule has 0 N–H and O–H groups in total. The van der Waals surface area contributed by atoms with E-state index in [1.54, 1.807) is 44.4 Å². The molecule has 22 heavy (non-hydrogen) atoms. The van der Waals surface area contributed by atoms with E-state index in [9.17, 15) is 9.59 Å². The van der Waals surface area contributed by atoms with Crippen molar-refractivity contribution in [2.45, 2.75) is 13.8 Å². The van der Waals surface area contributed by atoms with Gasteiger partial charge in [0.05, 0.1) is 19.9 Å². The number of nitrogens with zero attached hydrogens (tertiary/aromatic N) is 1. The highest BCUT2D eigenvalue weighted by Crippen LogP contribution is 2.19. The van der Waals surface area contributed by atoms with Crippen molar-refractivity contribution >= 4 is 17.3 Å². The molecule has 114 valence electrons. The molecular formula is C17H17NO4. The second-order valence-corrected chi connectivity index (χ2v) is 4.92. The normalized spacial score (nSPS) is 18.2. The van der Waals surface area contributed by atoms with Gasteiger partial charge in [-0.15, -0.1) is 0 Å². The summed E-state index contributed by atoms with van der Waals surface area (Å²) in [5.74, 6) is 0.0741. The van der Waals surface area contributed by atoms with Crippen LogP contribution in [-0.4, -0.2) is 31.5 Å². The van der Waals surface area contributed by atoms with Crippen LogP contribution < -0.4 is 0 Å². The Labute approximate surface area is 129 Å². The third kappa shape index (κ3) is 3.14. The van der Waals surface area contributed by atoms with Crippen molar-refractivity contribution in [3.05, 3.63) is 58.7 Å². The van der Waals surface area contributed by atoms with E-state index >= 15 is 0 Å². The lowest BCUT2D eigenvalue weighted by molar-refractivity contribution is -0.117. The molecule has 0 heterocycles. The third-order valence-corrected chi connectivity index (χ3v) is 3.29. The summed E-state index contributed by atoms with van der Waals surface area (Å²) in [5, 5.41) is 0. The van der Waals surface area contributed by atoms with Gasteiger partial charge in [0.2, 0.25) is 0 Å². The van der Waals surface area contributed by atoms with E-state index in [0.717, 1.165) is 5.57 Å². The monoisotopic (exact) mass is 299 g/mol. The number of methoxy groups -OCH3 is 2. The molecule has 5 nitrogen and oxygen atoms in total. The second-order valence-electron chi connectivity index (χ2n) is 4.92. The molecule has 0 bridgehead atoms. The molecule has 2 rings (SSSR count). The SMILES string of the molecule is COC1=CC(=NC=C2C=C(C)C(=O)C(C)=C2)C=C(OC)C1=O. The molecule has 0 aromatic carbocycles. The fourth-order valence-electron chi connectivity index (χ4n) is 2.15. The zero-order valence-electron chi connectivity index (χ0n) is 13.0. The number of carbonyl (C=O) groups excluding carboxylic acids is 2. The maximum absolute atomic E-state index is 11.8. The summed E-state index contributed by atoms with van der Waals surface area (Å²) in [6.45, 7) is 3.54. The Balaban J connectivity index is 2.35. The van der Waals surface area contributed by atoms with E-state index in [-0.39, 0.29) is 23.1 Å². The first kappa shape index (κ1) is 15.7. The maximum Gasteiger partial charge on any atom is 0.262 e. The van der Waals surface area contributed by atoms with Crippen molar-refractivity contribution in [2.75, 3.05) is 14.2 Å². The summed E-state index contributed by atoms with van der Waals surface area (Å²) in [6, 6.07) is 0. The first-order valence-electron chi connectivity index (χ1n) is 6.71. The van der Waals surface area contributed by atoms with Gasteiger partial charge in [0.15, 0.2) is 17.3 Å². The predicted molar refractivity (Wildman–Crippen MR) is 83.2 cm³/mol. The fraction of sp³-hybridized carbons (Fsp3) is 0.235. The van der Waals surface area contributed by atoms with Gasteiger partial charge in [-0.05, 0) is 42.7 Å². The van der Waals surface area contributed by atoms with Gasteiger partial charge in [-0.1, -0.05) is 0 Å². The molecule has 5 heteroatoms. The van der Waals surface area contributed by atoms with Gasteiger partial charge in [-0.3, -0.25) is 14.6 Å². The van der Waals surface area contributed by atoms with Crippen molar-refractivity contribution in [3.63, 3.8) is 0 Å². The molecule has 0 saturated heterocycles. The number of ether oxygens (including phenoxy) is 2. The number of allylic oxidation sites excluding steroid dienone is 7. The Kier molecular flexibility index (Phi) is 4.56. The van der Waals surface area contributed by atoms with Gasteiger partial charge < -0.3 is 9.47 Å². The molecule has 0 saturated carbocycles. The molecule has 0 aliphatic heterocycles. The summed E-state index contributed by atoms with van der Waals surface area (Å²) in [5.41, 5.74) is 2.70. The molecule has 2 aliphatic carbocycles. The molecule has 0 atom stereocenters. The summed E-state index contributed by atoms with van der Waals surface area (Å²) in [6.07, 6.45) is 8.27. The van der Waals surface area contributed by atoms with Gasteiger partial charge >= 0.3 is 0 Å². The van der Waals surface area contributed by atoms with E-state index in [0.29, 0.717) is 16.9 Å². The van der Waals surface area contributed by atoms with Crippen molar-refractivity contribution in [1.29, 1.82) is 0 Å². The zero-order valence-corrected chi connectivity index (χ0v) is 13.0. The highest BCUT2D eigenvalue weighted by molar-refractivity contribution is 6.20. The molecule has 0 spiro atoms. The summed E-state index contributed by atoms with van der Waals surface area (Å²) in [7, 11) is 2.84. The van der Waals surface area contributed by atoms with E-state index < -0.39 is 0 Å². The third-order valence-electron chi connectivity index (χ3n) is 3.29. The fourth-order valence-corrected chi connectivity index (χ4v) is 2.15. The van der Waals surface area contributed by atoms with Crippen LogP contribution in [0, 0.1) is 0 Å². The number of Topliss-reactive ketones (excluding diaryl/α,β-unsaturated/α-hetero) is 2. The lowest BCUT2D eigenvalue weighted by Crippen LogP contribution is -2.16. The minimum Gasteiger partial charge on any atom is -0.492 e. The minimum atomic E-state index is -0.314. The van der Waals surface area contributed by atoms with Crippen LogP contribution in [0.1, 0.15) is 13.8 Å². The first-order chi connectivity index (χ1) is 10.5. The van der Waals surface area contributed by atoms with Crippen molar-refractivity contribution in [1.82, 2.24) is 0 Å². The first-order valence-corrected chi connectivity index (χ1v) is 6.71. The quantitative estimate of drug-likeness (QED) is 0.751. The Hall–Kier alpha value is -2.69. The zero-order chi connectivity index (χ0) is 16.3. The van der Waals surface area contributed by atoms with Crippen LogP contribution in [0.4, 0.5) is 0 Å². The molecular weight excluding hydrogens is 282 g/mol. The van der Waals surface area contributed by atoms with Crippen molar-refractivity contribution in [2.24, 2.45) is 4.99 Å². The van der Waals surface area contributed by atoms with Crippen LogP contribution >= 0.6 is 0 Å². The molecule has 0 amide bonds. The summed E-state index contributed by atoms with van der Waals surface area (Å²) < 4.78 is 10.1. The highest BCUT2D eigenvalue weighted by atomic mass is 16.5. The largest absolute Gasteiger partial charge is 0.492 e. The number of ketones is 2. The number of hydrogen-bond acceptors (Lipinski definition) is 5. The van der Waals surface area contributed by atoms with Crippen LogP contribution in [0.2, 0.25) is 0 Å². The number of hydrogen-bond donors (Lipinski definition) is 0. The van der Waals surface area contributed by atoms with E-state index in [1.807, 2.05) is 0 Å². The van der Waals surface area contributed by atoms with E-state index in [1.165, 1.54) is 14.2 Å². The maximum atomic E-state index is 11.8. The number of rotatable bonds is 3. The smallest absolute Gasteiger partial charge is 0.262 e. The topological polar surface area (TPSA) is 65.0 Å². The van der Waals surface area contributed by atoms with E-state index in [2.05, 4.69) is 4.99 Å². The van der Waals surface area contributed by atoms with Gasteiger partial charge in [0.1, 0.15) is 0 Å². The lowest BCUT2D eigenvalue weighted by atomic mass is 9.96. The van der Waals surface area contributed by atoms with Gasteiger partial charge in [-0.2, -0.15) is 0 Å². The molecule has 0 radical (unpaired) electrons. The average molecular weight is 299 g/mol. The molecule has 0 unspecified atom stereocenters. The minimum absolute atomic E-state index is 0.0381. The highest BCUT2D eigenvalue weighted by Gasteiger charge is 2.22. The summed E-state index contributed by atoms with van der Waals surface area (Å²) >= 11 is 0. The van der Waals surface area contributed by atoms with Gasteiger partial charge in [-0.25, -0.2) is 0 Å². The Morgan fingerprint density at radius 2 is 1.36 bits per heavy atom. The lowest BCUT2D eigenvalue weighted by Gasteiger charge is -2.12. The summed E-state index contributed by atoms with van der Waals surface area (Å²) in [4.78, 5) is 27.9. The van der Waals surface area contributed by atoms with Crippen molar-refractivity contribution in [3.8, 4) is 0 Å². The average Bonchev–Trinajstić information content (AvgIpc) is 2.51.